The number of β-amino-alcohol motifs (C(OH)–C–C–N with tert-alkyl or cyclic N) is 1. The summed E-state index contributed by atoms with van der Waals surface area (Å²) in [6.07, 6.45) is 5.06. The molecule has 234 valence electrons. The highest BCUT2D eigenvalue weighted by Gasteiger charge is 2.20. The highest BCUT2D eigenvalue weighted by molar-refractivity contribution is 6.32. The molecular formula is C36H33ClN4O5. The third-order valence-electron chi connectivity index (χ3n) is 7.89. The zero-order valence-electron chi connectivity index (χ0n) is 25.4. The number of aliphatic hydroxyl groups excluding tert-OH is 1. The minimum atomic E-state index is -0.248. The van der Waals surface area contributed by atoms with E-state index in [1.165, 1.54) is 12.3 Å². The van der Waals surface area contributed by atoms with Crippen LogP contribution in [-0.2, 0) is 13.2 Å². The molecule has 1 aliphatic rings. The largest absolute Gasteiger partial charge is 0.492 e. The molecule has 1 saturated heterocycles. The summed E-state index contributed by atoms with van der Waals surface area (Å²) in [4.78, 5) is 18.0. The number of nitrogens with zero attached hydrogens (tertiary/aromatic N) is 4. The van der Waals surface area contributed by atoms with Crippen LogP contribution < -0.4 is 14.2 Å². The fourth-order valence-corrected chi connectivity index (χ4v) is 5.66. The first-order valence-electron chi connectivity index (χ1n) is 14.9. The molecule has 2 heterocycles. The minimum absolute atomic E-state index is 0.0954. The number of aldehydes is 1. The molecule has 9 nitrogen and oxygen atoms in total. The number of carbonyl (C=O) groups is 1. The molecule has 10 heteroatoms. The van der Waals surface area contributed by atoms with Crippen molar-refractivity contribution in [3.63, 3.8) is 0 Å². The molecule has 1 aromatic heterocycles. The summed E-state index contributed by atoms with van der Waals surface area (Å²) >= 11 is 6.47. The van der Waals surface area contributed by atoms with Crippen molar-refractivity contribution < 1.29 is 24.1 Å². The van der Waals surface area contributed by atoms with Gasteiger partial charge >= 0.3 is 0 Å². The Bertz CT molecular complexity index is 1800. The van der Waals surface area contributed by atoms with Crippen LogP contribution in [0.4, 0.5) is 0 Å². The molecule has 1 N–H and O–H groups in total. The zero-order chi connectivity index (χ0) is 32.5. The van der Waals surface area contributed by atoms with Gasteiger partial charge in [-0.05, 0) is 54.7 Å². The SMILES string of the molecule is Cc1c(COc2cc(OCc3cncc(C#N)c3)c(C=O)cc2Cl)cccc1-c1cccc(OCCCN2CC[C@@H](O)C2)c1C#N. The number of aromatic nitrogens is 1. The van der Waals surface area contributed by atoms with Crippen LogP contribution in [0.2, 0.25) is 5.02 Å². The maximum absolute atomic E-state index is 11.7. The smallest absolute Gasteiger partial charge is 0.153 e. The number of pyridine rings is 1. The van der Waals surface area contributed by atoms with E-state index in [1.807, 2.05) is 49.4 Å². The summed E-state index contributed by atoms with van der Waals surface area (Å²) in [7, 11) is 0. The number of ether oxygens (including phenoxy) is 3. The standard InChI is InChI=1S/C36H33ClN4O5/c1-24-27(23-46-36-15-35(28(21-42)14-33(36)37)45-22-26-13-25(16-38)18-40-19-26)5-2-6-30(24)31-7-3-8-34(32(31)17-39)44-12-4-10-41-11-9-29(43)20-41/h2-3,5-8,13-15,18-19,21,29,43H,4,9-12,20,22-23H2,1H3/t29-/m1/s1. The fraction of sp³-hybridized carbons (Fsp3) is 0.278. The topological polar surface area (TPSA) is 129 Å². The Morgan fingerprint density at radius 2 is 1.80 bits per heavy atom. The molecule has 46 heavy (non-hydrogen) atoms. The molecule has 0 amide bonds. The van der Waals surface area contributed by atoms with E-state index in [0.717, 1.165) is 48.2 Å². The lowest BCUT2D eigenvalue weighted by atomic mass is 9.93. The van der Waals surface area contributed by atoms with Crippen molar-refractivity contribution in [1.82, 2.24) is 9.88 Å². The van der Waals surface area contributed by atoms with Gasteiger partial charge < -0.3 is 24.2 Å². The van der Waals surface area contributed by atoms with Gasteiger partial charge in [-0.2, -0.15) is 10.5 Å². The quantitative estimate of drug-likeness (QED) is 0.134. The molecule has 1 fully saturated rings. The average molecular weight is 637 g/mol. The third-order valence-corrected chi connectivity index (χ3v) is 8.19. The highest BCUT2D eigenvalue weighted by atomic mass is 35.5. The monoisotopic (exact) mass is 636 g/mol. The van der Waals surface area contributed by atoms with Gasteiger partial charge in [-0.3, -0.25) is 9.78 Å². The Labute approximate surface area is 273 Å². The van der Waals surface area contributed by atoms with Crippen molar-refractivity contribution >= 4 is 17.9 Å². The van der Waals surface area contributed by atoms with Gasteiger partial charge in [0.25, 0.3) is 0 Å². The molecule has 4 aromatic rings. The van der Waals surface area contributed by atoms with E-state index in [9.17, 15) is 15.2 Å². The van der Waals surface area contributed by atoms with E-state index in [4.69, 9.17) is 31.1 Å². The number of nitriles is 2. The molecule has 0 aliphatic carbocycles. The summed E-state index contributed by atoms with van der Waals surface area (Å²) in [5.74, 6) is 1.16. The lowest BCUT2D eigenvalue weighted by Gasteiger charge is -2.17. The first kappa shape index (κ1) is 32.5. The second-order valence-corrected chi connectivity index (χ2v) is 11.4. The number of halogens is 1. The van der Waals surface area contributed by atoms with Crippen molar-refractivity contribution in [3.8, 4) is 40.5 Å². The Hall–Kier alpha value is -4.93. The van der Waals surface area contributed by atoms with Crippen LogP contribution in [0.1, 0.15) is 51.0 Å². The number of benzene rings is 3. The summed E-state index contributed by atoms with van der Waals surface area (Å²) in [6.45, 7) is 5.14. The van der Waals surface area contributed by atoms with E-state index in [-0.39, 0.29) is 35.7 Å². The lowest BCUT2D eigenvalue weighted by molar-refractivity contribution is 0.111. The van der Waals surface area contributed by atoms with Crippen molar-refractivity contribution in [1.29, 1.82) is 10.5 Å². The fourth-order valence-electron chi connectivity index (χ4n) is 5.43. The Morgan fingerprint density at radius 3 is 2.57 bits per heavy atom. The van der Waals surface area contributed by atoms with Crippen LogP contribution in [-0.4, -0.2) is 53.6 Å². The van der Waals surface area contributed by atoms with Gasteiger partial charge in [-0.1, -0.05) is 41.9 Å². The molecule has 0 radical (unpaired) electrons. The molecule has 0 spiro atoms. The van der Waals surface area contributed by atoms with Crippen LogP contribution >= 0.6 is 11.6 Å². The lowest BCUT2D eigenvalue weighted by Crippen LogP contribution is -2.24. The van der Waals surface area contributed by atoms with Gasteiger partial charge in [0.2, 0.25) is 0 Å². The first-order valence-corrected chi connectivity index (χ1v) is 15.3. The second-order valence-electron chi connectivity index (χ2n) is 11.0. The molecule has 0 unspecified atom stereocenters. The number of hydrogen-bond donors (Lipinski definition) is 1. The van der Waals surface area contributed by atoms with E-state index in [1.54, 1.807) is 18.3 Å². The molecule has 3 aromatic carbocycles. The third kappa shape index (κ3) is 7.82. The van der Waals surface area contributed by atoms with Crippen LogP contribution in [0.25, 0.3) is 11.1 Å². The summed E-state index contributed by atoms with van der Waals surface area (Å²) < 4.78 is 18.1. The van der Waals surface area contributed by atoms with Crippen molar-refractivity contribution in [2.24, 2.45) is 0 Å². The number of carbonyl (C=O) groups excluding carboxylic acids is 1. The number of aliphatic hydroxyl groups is 1. The van der Waals surface area contributed by atoms with E-state index >= 15 is 0 Å². The van der Waals surface area contributed by atoms with E-state index in [2.05, 4.69) is 16.0 Å². The summed E-state index contributed by atoms with van der Waals surface area (Å²) in [5, 5.41) is 29.2. The van der Waals surface area contributed by atoms with Gasteiger partial charge in [0.05, 0.1) is 28.9 Å². The molecule has 0 saturated carbocycles. The predicted molar refractivity (Wildman–Crippen MR) is 173 cm³/mol. The van der Waals surface area contributed by atoms with Gasteiger partial charge in [0, 0.05) is 49.2 Å². The van der Waals surface area contributed by atoms with Crippen molar-refractivity contribution in [3.05, 3.63) is 105 Å². The Kier molecular flexibility index (Phi) is 10.9. The van der Waals surface area contributed by atoms with Gasteiger partial charge in [0.1, 0.15) is 48.2 Å². The molecule has 1 aliphatic heterocycles. The average Bonchev–Trinajstić information content (AvgIpc) is 3.50. The van der Waals surface area contributed by atoms with Gasteiger partial charge in [0.15, 0.2) is 6.29 Å². The Morgan fingerprint density at radius 1 is 1.00 bits per heavy atom. The van der Waals surface area contributed by atoms with E-state index in [0.29, 0.717) is 47.6 Å². The predicted octanol–water partition coefficient (Wildman–Crippen LogP) is 6.26. The normalized spacial score (nSPS) is 14.3. The number of rotatable bonds is 13. The van der Waals surface area contributed by atoms with Crippen LogP contribution in [0, 0.1) is 29.6 Å². The summed E-state index contributed by atoms with van der Waals surface area (Å²) in [5.41, 5.74) is 5.28. The first-order chi connectivity index (χ1) is 22.4. The summed E-state index contributed by atoms with van der Waals surface area (Å²) in [6, 6.07) is 20.5. The minimum Gasteiger partial charge on any atom is -0.492 e. The zero-order valence-corrected chi connectivity index (χ0v) is 26.2. The van der Waals surface area contributed by atoms with Crippen molar-refractivity contribution in [2.45, 2.75) is 39.1 Å². The Balaban J connectivity index is 1.29. The highest BCUT2D eigenvalue weighted by Crippen LogP contribution is 2.36. The number of hydrogen-bond acceptors (Lipinski definition) is 9. The van der Waals surface area contributed by atoms with Gasteiger partial charge in [-0.15, -0.1) is 0 Å². The van der Waals surface area contributed by atoms with Gasteiger partial charge in [-0.25, -0.2) is 0 Å². The van der Waals surface area contributed by atoms with Crippen LogP contribution in [0.5, 0.6) is 17.2 Å². The van der Waals surface area contributed by atoms with Crippen molar-refractivity contribution in [2.75, 3.05) is 26.2 Å². The van der Waals surface area contributed by atoms with Crippen LogP contribution in [0.15, 0.2) is 67.0 Å². The second kappa shape index (κ2) is 15.4. The number of likely N-dealkylation sites (tertiary alicyclic amines) is 1. The maximum atomic E-state index is 11.7. The van der Waals surface area contributed by atoms with E-state index < -0.39 is 0 Å². The molecule has 5 rings (SSSR count). The molecule has 1 atom stereocenters. The molecule has 0 bridgehead atoms. The maximum Gasteiger partial charge on any atom is 0.153 e. The molecular weight excluding hydrogens is 604 g/mol. The van der Waals surface area contributed by atoms with Crippen LogP contribution in [0.3, 0.4) is 0 Å².